The quantitative estimate of drug-likeness (QED) is 0.526. The summed E-state index contributed by atoms with van der Waals surface area (Å²) in [5.41, 5.74) is 0.416. The van der Waals surface area contributed by atoms with Crippen LogP contribution in [-0.2, 0) is 0 Å². The highest BCUT2D eigenvalue weighted by Crippen LogP contribution is 2.39. The largest absolute Gasteiger partial charge is 0.393 e. The van der Waals surface area contributed by atoms with E-state index in [0.29, 0.717) is 5.41 Å². The van der Waals surface area contributed by atoms with E-state index in [1.807, 2.05) is 0 Å². The van der Waals surface area contributed by atoms with Crippen molar-refractivity contribution in [1.82, 2.24) is 0 Å². The lowest BCUT2D eigenvalue weighted by molar-refractivity contribution is 0.0757. The van der Waals surface area contributed by atoms with E-state index >= 15 is 0 Å². The predicted octanol–water partition coefficient (Wildman–Crippen LogP) is 4.92. The summed E-state index contributed by atoms with van der Waals surface area (Å²) >= 11 is 0. The Bertz CT molecular complexity index is 156. The van der Waals surface area contributed by atoms with Gasteiger partial charge in [0.1, 0.15) is 0 Å². The molecule has 0 bridgehead atoms. The van der Waals surface area contributed by atoms with Gasteiger partial charge in [0.15, 0.2) is 0 Å². The van der Waals surface area contributed by atoms with Crippen molar-refractivity contribution < 1.29 is 5.11 Å². The van der Waals surface area contributed by atoms with Crippen molar-refractivity contribution in [3.05, 3.63) is 0 Å². The first kappa shape index (κ1) is 16.0. The Hall–Kier alpha value is -0.0400. The van der Waals surface area contributed by atoms with E-state index in [-0.39, 0.29) is 6.10 Å². The van der Waals surface area contributed by atoms with Crippen molar-refractivity contribution in [3.63, 3.8) is 0 Å². The molecule has 0 amide bonds. The summed E-state index contributed by atoms with van der Waals surface area (Å²) in [4.78, 5) is 0. The summed E-state index contributed by atoms with van der Waals surface area (Å²) in [7, 11) is 0. The van der Waals surface area contributed by atoms with Crippen LogP contribution in [0.1, 0.15) is 85.5 Å². The maximum Gasteiger partial charge on any atom is 0.0543 e. The highest BCUT2D eigenvalue weighted by molar-refractivity contribution is 4.80. The Kier molecular flexibility index (Phi) is 9.02. The average Bonchev–Trinajstić information content (AvgIpc) is 2.29. The molecule has 16 heavy (non-hydrogen) atoms. The number of rotatable bonds is 10. The molecule has 2 atom stereocenters. The van der Waals surface area contributed by atoms with Crippen LogP contribution in [0.2, 0.25) is 0 Å². The Labute approximate surface area is 103 Å². The molecule has 0 spiro atoms. The molecule has 1 nitrogen and oxygen atoms in total. The topological polar surface area (TPSA) is 20.2 Å². The van der Waals surface area contributed by atoms with Crippen molar-refractivity contribution >= 4 is 0 Å². The number of hydrogen-bond acceptors (Lipinski definition) is 1. The van der Waals surface area contributed by atoms with Gasteiger partial charge in [-0.1, -0.05) is 59.8 Å². The number of aliphatic hydroxyl groups excluding tert-OH is 1. The van der Waals surface area contributed by atoms with Gasteiger partial charge in [-0.3, -0.25) is 0 Å². The molecule has 0 radical (unpaired) electrons. The molecule has 0 aromatic heterocycles. The van der Waals surface area contributed by atoms with Crippen LogP contribution in [0.15, 0.2) is 0 Å². The third kappa shape index (κ3) is 5.89. The molecule has 0 aromatic rings. The first-order chi connectivity index (χ1) is 7.64. The molecule has 0 fully saturated rings. The van der Waals surface area contributed by atoms with Gasteiger partial charge in [0.2, 0.25) is 0 Å². The first-order valence-electron chi connectivity index (χ1n) is 7.32. The van der Waals surface area contributed by atoms with Crippen molar-refractivity contribution in [3.8, 4) is 0 Å². The molecule has 0 aliphatic heterocycles. The Morgan fingerprint density at radius 1 is 0.938 bits per heavy atom. The lowest BCUT2D eigenvalue weighted by Gasteiger charge is -2.34. The second kappa shape index (κ2) is 9.04. The average molecular weight is 228 g/mol. The van der Waals surface area contributed by atoms with E-state index in [1.54, 1.807) is 0 Å². The lowest BCUT2D eigenvalue weighted by atomic mass is 9.72. The minimum atomic E-state index is -0.0897. The van der Waals surface area contributed by atoms with Gasteiger partial charge in [-0.05, 0) is 31.1 Å². The molecule has 0 heterocycles. The summed E-state index contributed by atoms with van der Waals surface area (Å²) in [6, 6.07) is 0. The van der Waals surface area contributed by atoms with Crippen LogP contribution in [0.3, 0.4) is 0 Å². The summed E-state index contributed by atoms with van der Waals surface area (Å²) in [6.45, 7) is 8.91. The fraction of sp³-hybridized carbons (Fsp3) is 1.00. The van der Waals surface area contributed by atoms with E-state index in [2.05, 4.69) is 27.7 Å². The van der Waals surface area contributed by atoms with Crippen LogP contribution in [0, 0.1) is 5.41 Å². The zero-order valence-corrected chi connectivity index (χ0v) is 11.9. The molecule has 0 rings (SSSR count). The molecule has 0 aliphatic rings. The van der Waals surface area contributed by atoms with Gasteiger partial charge in [0.25, 0.3) is 0 Å². The summed E-state index contributed by atoms with van der Waals surface area (Å²) in [6.07, 6.45) is 10.9. The third-order valence-corrected chi connectivity index (χ3v) is 3.98. The Morgan fingerprint density at radius 2 is 1.62 bits per heavy atom. The van der Waals surface area contributed by atoms with Gasteiger partial charge >= 0.3 is 0 Å². The van der Waals surface area contributed by atoms with E-state index in [9.17, 15) is 5.11 Å². The Morgan fingerprint density at radius 3 is 2.06 bits per heavy atom. The second-order valence-electron chi connectivity index (χ2n) is 5.33. The monoisotopic (exact) mass is 228 g/mol. The van der Waals surface area contributed by atoms with Gasteiger partial charge in [-0.15, -0.1) is 0 Å². The lowest BCUT2D eigenvalue weighted by Crippen LogP contribution is -2.26. The summed E-state index contributed by atoms with van der Waals surface area (Å²) < 4.78 is 0. The maximum absolute atomic E-state index is 9.91. The van der Waals surface area contributed by atoms with Crippen LogP contribution in [0.5, 0.6) is 0 Å². The molecule has 2 unspecified atom stereocenters. The maximum atomic E-state index is 9.91. The normalized spacial score (nSPS) is 17.1. The van der Waals surface area contributed by atoms with E-state index < -0.39 is 0 Å². The molecule has 0 aliphatic carbocycles. The van der Waals surface area contributed by atoms with Crippen LogP contribution in [-0.4, -0.2) is 11.2 Å². The fourth-order valence-electron chi connectivity index (χ4n) is 2.75. The number of hydrogen-bond donors (Lipinski definition) is 1. The van der Waals surface area contributed by atoms with Gasteiger partial charge < -0.3 is 5.11 Å². The molecule has 0 saturated heterocycles. The van der Waals surface area contributed by atoms with Crippen LogP contribution >= 0.6 is 0 Å². The minimum Gasteiger partial charge on any atom is -0.393 e. The van der Waals surface area contributed by atoms with Crippen LogP contribution < -0.4 is 0 Å². The van der Waals surface area contributed by atoms with Crippen LogP contribution in [0.25, 0.3) is 0 Å². The zero-order valence-electron chi connectivity index (χ0n) is 11.9. The molecular formula is C15H32O. The highest BCUT2D eigenvalue weighted by Gasteiger charge is 2.28. The molecule has 98 valence electrons. The Balaban J connectivity index is 4.31. The van der Waals surface area contributed by atoms with E-state index in [1.165, 1.54) is 44.9 Å². The molecule has 0 aromatic carbocycles. The van der Waals surface area contributed by atoms with Gasteiger partial charge in [0.05, 0.1) is 6.10 Å². The molecule has 0 saturated carbocycles. The summed E-state index contributed by atoms with van der Waals surface area (Å²) in [5.74, 6) is 0. The van der Waals surface area contributed by atoms with Gasteiger partial charge in [-0.2, -0.15) is 0 Å². The fourth-order valence-corrected chi connectivity index (χ4v) is 2.75. The number of aliphatic hydroxyl groups is 1. The van der Waals surface area contributed by atoms with Crippen molar-refractivity contribution in [2.45, 2.75) is 91.6 Å². The second-order valence-corrected chi connectivity index (χ2v) is 5.33. The van der Waals surface area contributed by atoms with Crippen LogP contribution in [0.4, 0.5) is 0 Å². The van der Waals surface area contributed by atoms with E-state index in [4.69, 9.17) is 0 Å². The van der Waals surface area contributed by atoms with Crippen molar-refractivity contribution in [1.29, 1.82) is 0 Å². The standard InChI is InChI=1S/C15H32O/c1-5-9-10-12-15(8-4,11-6-2)13-14(16)7-3/h14,16H,5-13H2,1-4H3. The molecule has 1 heteroatoms. The summed E-state index contributed by atoms with van der Waals surface area (Å²) in [5, 5.41) is 9.91. The van der Waals surface area contributed by atoms with Gasteiger partial charge in [-0.25, -0.2) is 0 Å². The third-order valence-electron chi connectivity index (χ3n) is 3.98. The predicted molar refractivity (Wildman–Crippen MR) is 72.7 cm³/mol. The first-order valence-corrected chi connectivity index (χ1v) is 7.32. The van der Waals surface area contributed by atoms with E-state index in [0.717, 1.165) is 12.8 Å². The minimum absolute atomic E-state index is 0.0897. The van der Waals surface area contributed by atoms with Crippen molar-refractivity contribution in [2.24, 2.45) is 5.41 Å². The van der Waals surface area contributed by atoms with Gasteiger partial charge in [0, 0.05) is 0 Å². The van der Waals surface area contributed by atoms with Crippen molar-refractivity contribution in [2.75, 3.05) is 0 Å². The SMILES string of the molecule is CCCCCC(CC)(CCC)CC(O)CC. The number of unbranched alkanes of at least 4 members (excludes halogenated alkanes) is 2. The molecule has 1 N–H and O–H groups in total. The molecular weight excluding hydrogens is 196 g/mol. The smallest absolute Gasteiger partial charge is 0.0543 e. The highest BCUT2D eigenvalue weighted by atomic mass is 16.3. The zero-order chi connectivity index (χ0) is 12.4.